The molecule has 2 fully saturated rings. The second-order valence-electron chi connectivity index (χ2n) is 13.8. The van der Waals surface area contributed by atoms with Gasteiger partial charge in [0.15, 0.2) is 6.10 Å². The number of aliphatic hydroxyl groups excluding tert-OH is 1. The Morgan fingerprint density at radius 3 is 2.45 bits per heavy atom. The van der Waals surface area contributed by atoms with Crippen molar-refractivity contribution in [3.05, 3.63) is 105 Å². The Labute approximate surface area is 322 Å². The van der Waals surface area contributed by atoms with Crippen LogP contribution < -0.4 is 10.1 Å². The highest BCUT2D eigenvalue weighted by Crippen LogP contribution is 2.38. The summed E-state index contributed by atoms with van der Waals surface area (Å²) < 4.78 is 65.5. The Bertz CT molecular complexity index is 1960. The fraction of sp³-hybridized carbons (Fsp3) is 0.385. The SMILES string of the molecule is O=CO[C@H](C(=O)N1C[C@H]2CC(c3ccc(CCCOc4cc(F)ccc4Br)cc3)=C(C(=O)N(Cc3cccc(C(F)(F)F)c3)C3CC3)[C@@H](C1)N2)[C@H](O)C(=O)O. The first-order valence-corrected chi connectivity index (χ1v) is 18.4. The summed E-state index contributed by atoms with van der Waals surface area (Å²) in [4.78, 5) is 53.8. The van der Waals surface area contributed by atoms with Crippen LogP contribution in [0.15, 0.2) is 76.8 Å². The van der Waals surface area contributed by atoms with E-state index in [0.29, 0.717) is 59.2 Å². The molecule has 0 radical (unpaired) electrons. The molecule has 0 aromatic heterocycles. The number of aliphatic carboxylic acids is 1. The van der Waals surface area contributed by atoms with Crippen LogP contribution in [0.4, 0.5) is 17.6 Å². The lowest BCUT2D eigenvalue weighted by Gasteiger charge is -2.45. The third kappa shape index (κ3) is 9.54. The van der Waals surface area contributed by atoms with E-state index in [1.54, 1.807) is 11.0 Å². The van der Waals surface area contributed by atoms with Crippen molar-refractivity contribution in [2.24, 2.45) is 0 Å². The topological polar surface area (TPSA) is 146 Å². The van der Waals surface area contributed by atoms with E-state index in [9.17, 15) is 47.0 Å². The number of carboxylic acid groups (broad SMARTS) is 1. The van der Waals surface area contributed by atoms with Gasteiger partial charge in [-0.05, 0) is 94.6 Å². The van der Waals surface area contributed by atoms with Gasteiger partial charge in [0.1, 0.15) is 11.6 Å². The number of hydrogen-bond donors (Lipinski definition) is 3. The predicted molar refractivity (Wildman–Crippen MR) is 193 cm³/mol. The molecule has 2 aliphatic heterocycles. The highest BCUT2D eigenvalue weighted by molar-refractivity contribution is 9.10. The zero-order valence-electron chi connectivity index (χ0n) is 29.3. The monoisotopic (exact) mass is 831 g/mol. The normalized spacial score (nSPS) is 19.3. The summed E-state index contributed by atoms with van der Waals surface area (Å²) in [6.07, 6.45) is -6.09. The van der Waals surface area contributed by atoms with Crippen LogP contribution in [-0.4, -0.2) is 94.3 Å². The van der Waals surface area contributed by atoms with Gasteiger partial charge >= 0.3 is 12.1 Å². The molecule has 0 spiro atoms. The largest absolute Gasteiger partial charge is 0.492 e. The average molecular weight is 833 g/mol. The summed E-state index contributed by atoms with van der Waals surface area (Å²) in [5.41, 5.74) is 2.18. The number of carbonyl (C=O) groups is 4. The van der Waals surface area contributed by atoms with Gasteiger partial charge in [0.2, 0.25) is 6.10 Å². The number of alkyl halides is 3. The summed E-state index contributed by atoms with van der Waals surface area (Å²) in [6.45, 7) is 0.0271. The van der Waals surface area contributed by atoms with E-state index in [1.165, 1.54) is 29.2 Å². The minimum atomic E-state index is -4.57. The fourth-order valence-corrected chi connectivity index (χ4v) is 7.41. The lowest BCUT2D eigenvalue weighted by Crippen LogP contribution is -2.64. The third-order valence-electron chi connectivity index (χ3n) is 9.85. The lowest BCUT2D eigenvalue weighted by molar-refractivity contribution is -0.170. The third-order valence-corrected chi connectivity index (χ3v) is 10.5. The molecule has 2 heterocycles. The van der Waals surface area contributed by atoms with E-state index in [4.69, 9.17) is 9.47 Å². The quantitative estimate of drug-likeness (QED) is 0.108. The molecular formula is C39H38BrF4N3O8. The second kappa shape index (κ2) is 16.9. The molecule has 3 aromatic carbocycles. The van der Waals surface area contributed by atoms with Gasteiger partial charge in [0.25, 0.3) is 18.3 Å². The zero-order chi connectivity index (χ0) is 39.4. The molecule has 55 heavy (non-hydrogen) atoms. The Balaban J connectivity index is 1.28. The summed E-state index contributed by atoms with van der Waals surface area (Å²) >= 11 is 3.35. The number of nitrogens with zero attached hydrogens (tertiary/aromatic N) is 2. The molecule has 3 aromatic rings. The van der Waals surface area contributed by atoms with E-state index in [-0.39, 0.29) is 38.6 Å². The molecule has 2 amide bonds. The maximum atomic E-state index is 14.7. The number of piperazine rings is 1. The first-order chi connectivity index (χ1) is 26.2. The van der Waals surface area contributed by atoms with Crippen LogP contribution in [0.3, 0.4) is 0 Å². The standard InChI is InChI=1S/C39H38BrF4N3O8/c40-30-13-10-26(41)16-32(30)54-14-2-4-22-6-8-24(9-7-22)29-17-27-19-46(37(51)35(55-21-48)34(49)38(52)53)20-31(45-27)33(29)36(50)47(28-11-12-28)18-23-3-1-5-25(15-23)39(42,43)44/h1,3,5-10,13,15-16,21,27-28,31,34-35,45,49H,2,4,11-12,14,17-20H2,(H,52,53)/t27-,31-,34+,35+/m1/s1. The zero-order valence-corrected chi connectivity index (χ0v) is 30.9. The molecule has 1 saturated carbocycles. The molecule has 1 saturated heterocycles. The molecule has 1 aliphatic carbocycles. The Kier molecular flexibility index (Phi) is 12.3. The van der Waals surface area contributed by atoms with Gasteiger partial charge < -0.3 is 34.8 Å². The van der Waals surface area contributed by atoms with Gasteiger partial charge in [-0.1, -0.05) is 36.4 Å². The van der Waals surface area contributed by atoms with Crippen molar-refractivity contribution in [3.63, 3.8) is 0 Å². The molecule has 3 aliphatic rings. The number of carboxylic acids is 1. The van der Waals surface area contributed by atoms with Crippen LogP contribution in [0, 0.1) is 5.82 Å². The van der Waals surface area contributed by atoms with Gasteiger partial charge in [0, 0.05) is 43.4 Å². The van der Waals surface area contributed by atoms with E-state index >= 15 is 0 Å². The molecule has 4 atom stereocenters. The second-order valence-corrected chi connectivity index (χ2v) is 14.6. The van der Waals surface area contributed by atoms with Crippen molar-refractivity contribution in [2.75, 3.05) is 19.7 Å². The number of aryl methyl sites for hydroxylation is 1. The maximum Gasteiger partial charge on any atom is 0.416 e. The summed E-state index contributed by atoms with van der Waals surface area (Å²) in [7, 11) is 0. The number of rotatable bonds is 15. The number of fused-ring (bicyclic) bond motifs is 2. The molecule has 16 heteroatoms. The molecule has 3 N–H and O–H groups in total. The average Bonchev–Trinajstić information content (AvgIpc) is 4.00. The predicted octanol–water partition coefficient (Wildman–Crippen LogP) is 5.12. The van der Waals surface area contributed by atoms with E-state index in [1.807, 2.05) is 24.3 Å². The summed E-state index contributed by atoms with van der Waals surface area (Å²) in [5, 5.41) is 22.9. The molecule has 292 valence electrons. The number of halogens is 5. The van der Waals surface area contributed by atoms with Gasteiger partial charge in [0.05, 0.1) is 22.7 Å². The van der Waals surface area contributed by atoms with Crippen LogP contribution in [0.1, 0.15) is 47.9 Å². The van der Waals surface area contributed by atoms with Crippen molar-refractivity contribution in [3.8, 4) is 5.75 Å². The number of carbonyl (C=O) groups excluding carboxylic acids is 3. The van der Waals surface area contributed by atoms with Crippen molar-refractivity contribution < 1.29 is 56.4 Å². The smallest absolute Gasteiger partial charge is 0.416 e. The summed E-state index contributed by atoms with van der Waals surface area (Å²) in [5.74, 6) is -3.15. The van der Waals surface area contributed by atoms with Crippen molar-refractivity contribution >= 4 is 45.8 Å². The minimum absolute atomic E-state index is 0.0431. The van der Waals surface area contributed by atoms with Gasteiger partial charge in [-0.15, -0.1) is 0 Å². The van der Waals surface area contributed by atoms with Crippen LogP contribution >= 0.6 is 15.9 Å². The van der Waals surface area contributed by atoms with Gasteiger partial charge in [-0.25, -0.2) is 9.18 Å². The lowest BCUT2D eigenvalue weighted by atomic mass is 9.82. The molecular weight excluding hydrogens is 794 g/mol. The highest BCUT2D eigenvalue weighted by Gasteiger charge is 2.46. The van der Waals surface area contributed by atoms with Gasteiger partial charge in [-0.3, -0.25) is 14.4 Å². The maximum absolute atomic E-state index is 14.7. The van der Waals surface area contributed by atoms with Crippen LogP contribution in [0.5, 0.6) is 5.75 Å². The first kappa shape index (κ1) is 39.9. The summed E-state index contributed by atoms with van der Waals surface area (Å²) in [6, 6.07) is 15.2. The van der Waals surface area contributed by atoms with E-state index in [2.05, 4.69) is 21.2 Å². The van der Waals surface area contributed by atoms with E-state index in [0.717, 1.165) is 23.3 Å². The minimum Gasteiger partial charge on any atom is -0.492 e. The van der Waals surface area contributed by atoms with Crippen LogP contribution in [0.25, 0.3) is 5.57 Å². The molecule has 2 bridgehead atoms. The molecule has 6 rings (SSSR count). The molecule has 11 nitrogen and oxygen atoms in total. The highest BCUT2D eigenvalue weighted by atomic mass is 79.9. The number of hydrogen-bond acceptors (Lipinski definition) is 8. The Hall–Kier alpha value is -4.80. The number of nitrogens with one attached hydrogen (secondary N) is 1. The Morgan fingerprint density at radius 2 is 1.78 bits per heavy atom. The fourth-order valence-electron chi connectivity index (χ4n) is 7.05. The Morgan fingerprint density at radius 1 is 1.04 bits per heavy atom. The number of ether oxygens (including phenoxy) is 2. The van der Waals surface area contributed by atoms with Crippen molar-refractivity contribution in [1.29, 1.82) is 0 Å². The van der Waals surface area contributed by atoms with Crippen molar-refractivity contribution in [2.45, 2.75) is 75.2 Å². The van der Waals surface area contributed by atoms with Crippen molar-refractivity contribution in [1.82, 2.24) is 15.1 Å². The molecule has 0 unspecified atom stereocenters. The number of aliphatic hydroxyl groups is 1. The number of benzene rings is 3. The van der Waals surface area contributed by atoms with Crippen LogP contribution in [-0.2, 0) is 43.1 Å². The number of amides is 2. The van der Waals surface area contributed by atoms with E-state index < -0.39 is 59.6 Å². The van der Waals surface area contributed by atoms with Crippen LogP contribution in [0.2, 0.25) is 0 Å². The van der Waals surface area contributed by atoms with Gasteiger partial charge in [-0.2, -0.15) is 13.2 Å². The first-order valence-electron chi connectivity index (χ1n) is 17.7.